The molecule has 1 rings (SSSR count). The zero-order valence-electron chi connectivity index (χ0n) is 10.1. The SMILES string of the molecule is [2H]C1([2H])NC(=O)[C@H](C[C@H](Cl)C(N)=O)C1([2H])[2H]. The molecular formula is C7H11ClN2O2. The van der Waals surface area contributed by atoms with E-state index in [-0.39, 0.29) is 6.42 Å². The highest BCUT2D eigenvalue weighted by atomic mass is 35.5. The van der Waals surface area contributed by atoms with E-state index in [0.29, 0.717) is 0 Å². The number of carbonyl (C=O) groups is 2. The first kappa shape index (κ1) is 5.07. The number of halogens is 1. The fourth-order valence-electron chi connectivity index (χ4n) is 0.827. The first-order chi connectivity index (χ1) is 7.09. The third-order valence-electron chi connectivity index (χ3n) is 1.50. The zero-order valence-corrected chi connectivity index (χ0v) is 6.89. The molecule has 0 unspecified atom stereocenters. The van der Waals surface area contributed by atoms with Gasteiger partial charge in [0.2, 0.25) is 11.8 Å². The standard InChI is InChI=1S/C7H11ClN2O2/c8-5(6(9)11)3-4-1-2-10-7(4)12/h4-5H,1-3H2,(H2,9,11)(H,10,12)/t4-,5-/m0/s1/i1D2,2D2. The van der Waals surface area contributed by atoms with Gasteiger partial charge in [0, 0.05) is 17.9 Å². The number of alkyl halides is 1. The Hall–Kier alpha value is -0.770. The second-order valence-corrected chi connectivity index (χ2v) is 2.94. The van der Waals surface area contributed by atoms with E-state index in [4.69, 9.17) is 22.8 Å². The Morgan fingerprint density at radius 3 is 3.08 bits per heavy atom. The molecule has 68 valence electrons. The largest absolute Gasteiger partial charge is 0.368 e. The number of rotatable bonds is 3. The minimum Gasteiger partial charge on any atom is -0.368 e. The van der Waals surface area contributed by atoms with Gasteiger partial charge in [-0.3, -0.25) is 9.59 Å². The molecule has 0 aromatic carbocycles. The van der Waals surface area contributed by atoms with Crippen LogP contribution in [0.5, 0.6) is 0 Å². The average Bonchev–Trinajstić information content (AvgIpc) is 2.24. The minimum absolute atomic E-state index is 0.324. The second kappa shape index (κ2) is 3.76. The summed E-state index contributed by atoms with van der Waals surface area (Å²) in [6.45, 7) is -2.47. The van der Waals surface area contributed by atoms with Crippen LogP contribution in [-0.2, 0) is 9.59 Å². The van der Waals surface area contributed by atoms with Crippen molar-refractivity contribution in [3.63, 3.8) is 0 Å². The predicted molar refractivity (Wildman–Crippen MR) is 44.6 cm³/mol. The molecule has 0 aromatic rings. The number of hydrogen-bond donors (Lipinski definition) is 2. The van der Waals surface area contributed by atoms with Gasteiger partial charge in [-0.15, -0.1) is 11.6 Å². The molecule has 1 aliphatic rings. The predicted octanol–water partition coefficient (Wildman–Crippen LogP) is -0.395. The lowest BCUT2D eigenvalue weighted by Crippen LogP contribution is -2.28. The number of amides is 2. The summed E-state index contributed by atoms with van der Waals surface area (Å²) >= 11 is 5.54. The van der Waals surface area contributed by atoms with Gasteiger partial charge in [0.05, 0.1) is 0 Å². The third kappa shape index (κ3) is 2.11. The topological polar surface area (TPSA) is 72.2 Å². The van der Waals surface area contributed by atoms with Crippen molar-refractivity contribution in [1.29, 1.82) is 0 Å². The van der Waals surface area contributed by atoms with Gasteiger partial charge >= 0.3 is 0 Å². The van der Waals surface area contributed by atoms with Crippen LogP contribution >= 0.6 is 11.6 Å². The van der Waals surface area contributed by atoms with Crippen LogP contribution < -0.4 is 11.1 Å². The molecule has 0 spiro atoms. The third-order valence-corrected chi connectivity index (χ3v) is 1.89. The summed E-state index contributed by atoms with van der Waals surface area (Å²) < 4.78 is 29.6. The van der Waals surface area contributed by atoms with Crippen LogP contribution in [0, 0.1) is 5.92 Å². The number of nitrogens with one attached hydrogen (secondary N) is 1. The second-order valence-electron chi connectivity index (χ2n) is 2.42. The molecule has 12 heavy (non-hydrogen) atoms. The molecule has 1 aliphatic heterocycles. The Labute approximate surface area is 81.1 Å². The highest BCUT2D eigenvalue weighted by Gasteiger charge is 2.28. The fourth-order valence-corrected chi connectivity index (χ4v) is 1.00. The van der Waals surface area contributed by atoms with Crippen LogP contribution in [-0.4, -0.2) is 23.7 Å². The molecule has 2 amide bonds. The van der Waals surface area contributed by atoms with Crippen molar-refractivity contribution in [1.82, 2.24) is 5.32 Å². The summed E-state index contributed by atoms with van der Waals surface area (Å²) in [5.74, 6) is -2.99. The van der Waals surface area contributed by atoms with Crippen molar-refractivity contribution in [2.45, 2.75) is 18.2 Å². The summed E-state index contributed by atoms with van der Waals surface area (Å²) in [4.78, 5) is 22.1. The van der Waals surface area contributed by atoms with Crippen LogP contribution in [0.15, 0.2) is 0 Å². The van der Waals surface area contributed by atoms with Crippen LogP contribution in [0.25, 0.3) is 0 Å². The number of hydrogen-bond acceptors (Lipinski definition) is 2. The Morgan fingerprint density at radius 2 is 2.67 bits per heavy atom. The van der Waals surface area contributed by atoms with Crippen molar-refractivity contribution in [3.05, 3.63) is 0 Å². The van der Waals surface area contributed by atoms with Gasteiger partial charge in [-0.25, -0.2) is 0 Å². The van der Waals surface area contributed by atoms with E-state index in [1.807, 2.05) is 5.32 Å². The van der Waals surface area contributed by atoms with Gasteiger partial charge in [-0.1, -0.05) is 0 Å². The van der Waals surface area contributed by atoms with Crippen LogP contribution in [0.3, 0.4) is 0 Å². The Bertz CT molecular complexity index is 336. The van der Waals surface area contributed by atoms with E-state index in [9.17, 15) is 9.59 Å². The van der Waals surface area contributed by atoms with E-state index in [1.54, 1.807) is 0 Å². The molecule has 4 nitrogen and oxygen atoms in total. The molecule has 1 saturated heterocycles. The first-order valence-corrected chi connectivity index (χ1v) is 3.78. The molecule has 3 N–H and O–H groups in total. The van der Waals surface area contributed by atoms with Crippen molar-refractivity contribution in [2.75, 3.05) is 6.50 Å². The van der Waals surface area contributed by atoms with Gasteiger partial charge in [0.25, 0.3) is 0 Å². The van der Waals surface area contributed by atoms with Crippen LogP contribution in [0.2, 0.25) is 0 Å². The summed E-state index contributed by atoms with van der Waals surface area (Å²) in [7, 11) is 0. The van der Waals surface area contributed by atoms with Gasteiger partial charge in [-0.05, 0) is 12.8 Å². The molecule has 1 fully saturated rings. The Balaban J connectivity index is 2.89. The molecule has 0 bridgehead atoms. The van der Waals surface area contributed by atoms with E-state index in [0.717, 1.165) is 0 Å². The molecule has 0 aliphatic carbocycles. The normalized spacial score (nSPS) is 38.4. The summed E-state index contributed by atoms with van der Waals surface area (Å²) in [6, 6.07) is 0. The number of carbonyl (C=O) groups excluding carboxylic acids is 2. The van der Waals surface area contributed by atoms with Gasteiger partial charge in [-0.2, -0.15) is 0 Å². The molecule has 1 heterocycles. The maximum absolute atomic E-state index is 11.4. The van der Waals surface area contributed by atoms with Crippen LogP contribution in [0.1, 0.15) is 18.3 Å². The first-order valence-electron chi connectivity index (χ1n) is 5.35. The molecule has 5 heteroatoms. The van der Waals surface area contributed by atoms with E-state index >= 15 is 0 Å². The molecule has 0 radical (unpaired) electrons. The smallest absolute Gasteiger partial charge is 0.235 e. The van der Waals surface area contributed by atoms with E-state index in [1.165, 1.54) is 0 Å². The molecule has 2 atom stereocenters. The molecular weight excluding hydrogens is 180 g/mol. The maximum atomic E-state index is 11.4. The van der Waals surface area contributed by atoms with Crippen LogP contribution in [0.4, 0.5) is 0 Å². The van der Waals surface area contributed by atoms with E-state index in [2.05, 4.69) is 0 Å². The molecule has 0 aromatic heterocycles. The monoisotopic (exact) mass is 194 g/mol. The number of primary amides is 1. The van der Waals surface area contributed by atoms with Gasteiger partial charge in [0.1, 0.15) is 5.38 Å². The lowest BCUT2D eigenvalue weighted by Gasteiger charge is -2.08. The average molecular weight is 195 g/mol. The fraction of sp³-hybridized carbons (Fsp3) is 0.714. The highest BCUT2D eigenvalue weighted by Crippen LogP contribution is 2.18. The lowest BCUT2D eigenvalue weighted by molar-refractivity contribution is -0.123. The van der Waals surface area contributed by atoms with Crippen molar-refractivity contribution < 1.29 is 15.1 Å². The summed E-state index contributed by atoms with van der Waals surface area (Å²) in [5.41, 5.74) is 4.90. The van der Waals surface area contributed by atoms with Gasteiger partial charge in [0.15, 0.2) is 0 Å². The highest BCUT2D eigenvalue weighted by molar-refractivity contribution is 6.30. The minimum atomic E-state index is -2.47. The van der Waals surface area contributed by atoms with Crippen molar-refractivity contribution in [2.24, 2.45) is 11.7 Å². The Morgan fingerprint density at radius 1 is 2.00 bits per heavy atom. The summed E-state index contributed by atoms with van der Waals surface area (Å²) in [6.07, 6.45) is -2.75. The van der Waals surface area contributed by atoms with Crippen molar-refractivity contribution >= 4 is 23.4 Å². The zero-order chi connectivity index (χ0) is 12.7. The summed E-state index contributed by atoms with van der Waals surface area (Å²) in [5, 5.41) is 0.692. The quantitative estimate of drug-likeness (QED) is 0.601. The van der Waals surface area contributed by atoms with Gasteiger partial charge < -0.3 is 11.1 Å². The number of nitrogens with two attached hydrogens (primary N) is 1. The lowest BCUT2D eigenvalue weighted by atomic mass is 10.0. The van der Waals surface area contributed by atoms with Crippen molar-refractivity contribution in [3.8, 4) is 0 Å². The maximum Gasteiger partial charge on any atom is 0.235 e. The Kier molecular flexibility index (Phi) is 1.59. The van der Waals surface area contributed by atoms with E-state index < -0.39 is 36.0 Å². The molecule has 0 saturated carbocycles.